The van der Waals surface area contributed by atoms with E-state index in [1.54, 1.807) is 0 Å². The first-order chi connectivity index (χ1) is 9.08. The topological polar surface area (TPSA) is 33.4 Å². The van der Waals surface area contributed by atoms with Gasteiger partial charge in [-0.05, 0) is 42.6 Å². The first kappa shape index (κ1) is 14.3. The quantitative estimate of drug-likeness (QED) is 0.840. The van der Waals surface area contributed by atoms with Gasteiger partial charge in [0.2, 0.25) is 0 Å². The molecule has 2 aromatic heterocycles. The van der Waals surface area contributed by atoms with Crippen molar-refractivity contribution < 1.29 is 0 Å². The van der Waals surface area contributed by atoms with Crippen molar-refractivity contribution >= 4 is 27.4 Å². The summed E-state index contributed by atoms with van der Waals surface area (Å²) in [6.45, 7) is 10.5. The van der Waals surface area contributed by atoms with Crippen molar-refractivity contribution in [2.75, 3.05) is 18.0 Å². The Morgan fingerprint density at radius 2 is 1.84 bits per heavy atom. The highest BCUT2D eigenvalue weighted by atomic mass is 79.9. The summed E-state index contributed by atoms with van der Waals surface area (Å²) in [5.74, 6) is 1.14. The van der Waals surface area contributed by atoms with Crippen molar-refractivity contribution in [1.82, 2.24) is 14.6 Å². The highest BCUT2D eigenvalue weighted by Gasteiger charge is 2.15. The molecule has 0 spiro atoms. The van der Waals surface area contributed by atoms with E-state index in [2.05, 4.69) is 50.8 Å². The van der Waals surface area contributed by atoms with E-state index in [-0.39, 0.29) is 0 Å². The Hall–Kier alpha value is -1.10. The van der Waals surface area contributed by atoms with E-state index in [0.717, 1.165) is 53.3 Å². The number of aryl methyl sites for hydroxylation is 2. The number of halogens is 1. The third-order valence-corrected chi connectivity index (χ3v) is 4.04. The minimum absolute atomic E-state index is 0.907. The van der Waals surface area contributed by atoms with E-state index in [1.165, 1.54) is 0 Å². The van der Waals surface area contributed by atoms with Crippen molar-refractivity contribution in [1.29, 1.82) is 0 Å². The SMILES string of the molecule is CCCN(CCC)c1cc(C)nc2c(Br)c(C)nn12. The zero-order chi connectivity index (χ0) is 14.0. The summed E-state index contributed by atoms with van der Waals surface area (Å²) in [6, 6.07) is 2.12. The average Bonchev–Trinajstić information content (AvgIpc) is 2.65. The number of nitrogens with zero attached hydrogens (tertiary/aromatic N) is 4. The summed E-state index contributed by atoms with van der Waals surface area (Å²) in [5, 5.41) is 4.60. The van der Waals surface area contributed by atoms with Crippen LogP contribution in [0, 0.1) is 13.8 Å². The van der Waals surface area contributed by atoms with E-state index in [0.29, 0.717) is 0 Å². The molecule has 4 nitrogen and oxygen atoms in total. The van der Waals surface area contributed by atoms with Crippen molar-refractivity contribution in [2.24, 2.45) is 0 Å². The summed E-state index contributed by atoms with van der Waals surface area (Å²) >= 11 is 3.58. The molecule has 104 valence electrons. The van der Waals surface area contributed by atoms with Gasteiger partial charge >= 0.3 is 0 Å². The zero-order valence-corrected chi connectivity index (χ0v) is 13.7. The Labute approximate surface area is 123 Å². The molecule has 0 aliphatic carbocycles. The number of hydrogen-bond donors (Lipinski definition) is 0. The average molecular weight is 325 g/mol. The molecule has 0 saturated heterocycles. The first-order valence-electron chi connectivity index (χ1n) is 6.85. The second-order valence-corrected chi connectivity index (χ2v) is 5.67. The fraction of sp³-hybridized carbons (Fsp3) is 0.571. The van der Waals surface area contributed by atoms with Gasteiger partial charge in [-0.2, -0.15) is 9.61 Å². The molecule has 2 rings (SSSR count). The fourth-order valence-electron chi connectivity index (χ4n) is 2.31. The summed E-state index contributed by atoms with van der Waals surface area (Å²) in [4.78, 5) is 6.98. The molecule has 0 saturated carbocycles. The van der Waals surface area contributed by atoms with Crippen LogP contribution in [0.1, 0.15) is 38.1 Å². The molecule has 19 heavy (non-hydrogen) atoms. The van der Waals surface area contributed by atoms with Gasteiger partial charge in [-0.25, -0.2) is 4.98 Å². The van der Waals surface area contributed by atoms with Gasteiger partial charge in [0.1, 0.15) is 5.82 Å². The highest BCUT2D eigenvalue weighted by Crippen LogP contribution is 2.25. The van der Waals surface area contributed by atoms with E-state index in [1.807, 2.05) is 18.4 Å². The lowest BCUT2D eigenvalue weighted by molar-refractivity contribution is 0.713. The number of fused-ring (bicyclic) bond motifs is 1. The number of anilines is 1. The molecule has 0 radical (unpaired) electrons. The van der Waals surface area contributed by atoms with Gasteiger partial charge in [0.15, 0.2) is 5.65 Å². The molecular weight excluding hydrogens is 304 g/mol. The van der Waals surface area contributed by atoms with Crippen LogP contribution in [-0.4, -0.2) is 27.7 Å². The lowest BCUT2D eigenvalue weighted by Gasteiger charge is -2.24. The molecular formula is C14H21BrN4. The largest absolute Gasteiger partial charge is 0.356 e. The third kappa shape index (κ3) is 2.76. The molecule has 5 heteroatoms. The molecule has 0 aromatic carbocycles. The van der Waals surface area contributed by atoms with Crippen LogP contribution in [0.4, 0.5) is 5.82 Å². The van der Waals surface area contributed by atoms with Crippen LogP contribution in [0.25, 0.3) is 5.65 Å². The van der Waals surface area contributed by atoms with Gasteiger partial charge in [-0.3, -0.25) is 0 Å². The lowest BCUT2D eigenvalue weighted by atomic mass is 10.3. The van der Waals surface area contributed by atoms with Gasteiger partial charge in [0.05, 0.1) is 10.2 Å². The molecule has 0 bridgehead atoms. The number of rotatable bonds is 5. The highest BCUT2D eigenvalue weighted by molar-refractivity contribution is 9.10. The Kier molecular flexibility index (Phi) is 4.45. The molecule has 0 N–H and O–H groups in total. The minimum Gasteiger partial charge on any atom is -0.356 e. The Balaban J connectivity index is 2.60. The molecule has 2 heterocycles. The van der Waals surface area contributed by atoms with E-state index >= 15 is 0 Å². The van der Waals surface area contributed by atoms with Crippen LogP contribution in [0.2, 0.25) is 0 Å². The van der Waals surface area contributed by atoms with Gasteiger partial charge < -0.3 is 4.90 Å². The minimum atomic E-state index is 0.907. The zero-order valence-electron chi connectivity index (χ0n) is 12.1. The van der Waals surface area contributed by atoms with Gasteiger partial charge in [0, 0.05) is 24.8 Å². The Morgan fingerprint density at radius 1 is 1.21 bits per heavy atom. The maximum absolute atomic E-state index is 4.60. The van der Waals surface area contributed by atoms with E-state index in [9.17, 15) is 0 Å². The van der Waals surface area contributed by atoms with Crippen LogP contribution in [0.15, 0.2) is 10.5 Å². The van der Waals surface area contributed by atoms with Gasteiger partial charge in [-0.1, -0.05) is 13.8 Å². The van der Waals surface area contributed by atoms with Crippen LogP contribution in [-0.2, 0) is 0 Å². The lowest BCUT2D eigenvalue weighted by Crippen LogP contribution is -2.27. The normalized spacial score (nSPS) is 11.2. The summed E-state index contributed by atoms with van der Waals surface area (Å²) in [6.07, 6.45) is 2.26. The van der Waals surface area contributed by atoms with Crippen LogP contribution in [0.3, 0.4) is 0 Å². The van der Waals surface area contributed by atoms with Crippen molar-refractivity contribution in [3.63, 3.8) is 0 Å². The predicted octanol–water partition coefficient (Wildman–Crippen LogP) is 3.74. The first-order valence-corrected chi connectivity index (χ1v) is 7.65. The van der Waals surface area contributed by atoms with Gasteiger partial charge in [-0.15, -0.1) is 0 Å². The predicted molar refractivity (Wildman–Crippen MR) is 83.0 cm³/mol. The van der Waals surface area contributed by atoms with Crippen molar-refractivity contribution in [3.05, 3.63) is 21.9 Å². The standard InChI is InChI=1S/C14H21BrN4/c1-5-7-18(8-6-2)12-9-10(3)16-14-13(15)11(4)17-19(12)14/h9H,5-8H2,1-4H3. The maximum atomic E-state index is 4.60. The summed E-state index contributed by atoms with van der Waals surface area (Å²) < 4.78 is 2.95. The number of aromatic nitrogens is 3. The third-order valence-electron chi connectivity index (χ3n) is 3.11. The van der Waals surface area contributed by atoms with E-state index < -0.39 is 0 Å². The molecule has 0 fully saturated rings. The molecule has 0 unspecified atom stereocenters. The monoisotopic (exact) mass is 324 g/mol. The molecule has 2 aromatic rings. The molecule has 0 aliphatic rings. The maximum Gasteiger partial charge on any atom is 0.172 e. The van der Waals surface area contributed by atoms with Gasteiger partial charge in [0.25, 0.3) is 0 Å². The Morgan fingerprint density at radius 3 is 2.42 bits per heavy atom. The second kappa shape index (κ2) is 5.90. The Bertz CT molecular complexity index is 570. The van der Waals surface area contributed by atoms with E-state index in [4.69, 9.17) is 0 Å². The van der Waals surface area contributed by atoms with Crippen LogP contribution in [0.5, 0.6) is 0 Å². The van der Waals surface area contributed by atoms with Crippen molar-refractivity contribution in [2.45, 2.75) is 40.5 Å². The molecule has 0 amide bonds. The smallest absolute Gasteiger partial charge is 0.172 e. The summed E-state index contributed by atoms with van der Waals surface area (Å²) in [7, 11) is 0. The van der Waals surface area contributed by atoms with Crippen LogP contribution >= 0.6 is 15.9 Å². The second-order valence-electron chi connectivity index (χ2n) is 4.88. The number of hydrogen-bond acceptors (Lipinski definition) is 3. The van der Waals surface area contributed by atoms with Crippen molar-refractivity contribution in [3.8, 4) is 0 Å². The fourth-order valence-corrected chi connectivity index (χ4v) is 2.64. The summed E-state index contributed by atoms with van der Waals surface area (Å²) in [5.41, 5.74) is 2.91. The molecule has 0 atom stereocenters. The molecule has 0 aliphatic heterocycles. The van der Waals surface area contributed by atoms with Crippen LogP contribution < -0.4 is 4.90 Å².